The van der Waals surface area contributed by atoms with Crippen LogP contribution >= 0.6 is 0 Å². The molecule has 0 radical (unpaired) electrons. The van der Waals surface area contributed by atoms with E-state index in [2.05, 4.69) is 38.8 Å². The summed E-state index contributed by atoms with van der Waals surface area (Å²) >= 11 is 0. The van der Waals surface area contributed by atoms with Crippen LogP contribution in [0.5, 0.6) is 0 Å². The largest absolute Gasteiger partial charge is 0.340 e. The molecule has 2 heterocycles. The molecule has 0 bridgehead atoms. The van der Waals surface area contributed by atoms with Gasteiger partial charge < -0.3 is 15.5 Å². The second-order valence-electron chi connectivity index (χ2n) is 8.98. The molecule has 1 spiro atoms. The number of nitrogens with zero attached hydrogens (tertiary/aromatic N) is 3. The second kappa shape index (κ2) is 6.88. The Morgan fingerprint density at radius 3 is 2.75 bits per heavy atom. The molecule has 1 saturated carbocycles. The molecule has 7 heteroatoms. The molecule has 3 aromatic rings. The lowest BCUT2D eigenvalue weighted by molar-refractivity contribution is -0.120. The highest BCUT2D eigenvalue weighted by molar-refractivity contribution is 6.07. The Morgan fingerprint density at radius 1 is 1.09 bits per heavy atom. The summed E-state index contributed by atoms with van der Waals surface area (Å²) in [6, 6.07) is 16.1. The first-order valence-electron chi connectivity index (χ1n) is 10.9. The van der Waals surface area contributed by atoms with Gasteiger partial charge in [-0.3, -0.25) is 9.59 Å². The normalized spacial score (nSPS) is 20.6. The zero-order chi connectivity index (χ0) is 21.9. The molecule has 3 aliphatic rings. The van der Waals surface area contributed by atoms with Crippen LogP contribution in [0, 0.1) is 0 Å². The van der Waals surface area contributed by atoms with Gasteiger partial charge >= 0.3 is 0 Å². The molecular weight excluding hydrogens is 402 g/mol. The summed E-state index contributed by atoms with van der Waals surface area (Å²) in [6.45, 7) is 0. The molecule has 2 amide bonds. The summed E-state index contributed by atoms with van der Waals surface area (Å²) in [5.41, 5.74) is 5.07. The van der Waals surface area contributed by atoms with E-state index in [4.69, 9.17) is 0 Å². The Balaban J connectivity index is 1.25. The van der Waals surface area contributed by atoms with Gasteiger partial charge in [0.15, 0.2) is 0 Å². The van der Waals surface area contributed by atoms with E-state index in [9.17, 15) is 9.59 Å². The van der Waals surface area contributed by atoms with Crippen LogP contribution in [0.4, 0.5) is 17.2 Å². The van der Waals surface area contributed by atoms with Crippen LogP contribution in [-0.2, 0) is 23.1 Å². The van der Waals surface area contributed by atoms with Gasteiger partial charge in [-0.25, -0.2) is 9.97 Å². The zero-order valence-electron chi connectivity index (χ0n) is 17.8. The van der Waals surface area contributed by atoms with Crippen molar-refractivity contribution in [1.29, 1.82) is 0 Å². The monoisotopic (exact) mass is 425 g/mol. The predicted molar refractivity (Wildman–Crippen MR) is 121 cm³/mol. The number of hydrogen-bond acceptors (Lipinski definition) is 5. The van der Waals surface area contributed by atoms with Crippen LogP contribution in [-0.4, -0.2) is 39.8 Å². The summed E-state index contributed by atoms with van der Waals surface area (Å²) in [6.07, 6.45) is 4.89. The topological polar surface area (TPSA) is 87.2 Å². The average Bonchev–Trinajstić information content (AvgIpc) is 3.53. The first kappa shape index (κ1) is 19.0. The van der Waals surface area contributed by atoms with Crippen molar-refractivity contribution < 1.29 is 9.59 Å². The third-order valence-electron chi connectivity index (χ3n) is 6.89. The molecule has 2 aromatic carbocycles. The fraction of sp³-hybridized carbons (Fsp3) is 0.280. The number of fused-ring (bicyclic) bond motifs is 3. The van der Waals surface area contributed by atoms with Crippen molar-refractivity contribution in [3.8, 4) is 0 Å². The summed E-state index contributed by atoms with van der Waals surface area (Å²) in [5.74, 6) is 0.562. The number of hydrogen-bond donors (Lipinski definition) is 2. The van der Waals surface area contributed by atoms with Gasteiger partial charge in [-0.1, -0.05) is 24.3 Å². The van der Waals surface area contributed by atoms with Crippen molar-refractivity contribution in [1.82, 2.24) is 14.9 Å². The first-order valence-corrected chi connectivity index (χ1v) is 10.9. The van der Waals surface area contributed by atoms with E-state index in [0.29, 0.717) is 30.4 Å². The quantitative estimate of drug-likeness (QED) is 0.669. The number of nitrogens with one attached hydrogen (secondary N) is 2. The summed E-state index contributed by atoms with van der Waals surface area (Å²) in [5, 5.41) is 6.35. The smallest absolute Gasteiger partial charge is 0.272 e. The molecule has 32 heavy (non-hydrogen) atoms. The lowest BCUT2D eigenvalue weighted by Crippen LogP contribution is -2.35. The maximum absolute atomic E-state index is 12.9. The molecule has 2 aliphatic carbocycles. The minimum atomic E-state index is -0.528. The standard InChI is InChI=1S/C25H23N5O2/c1-30(18-8-9-18)23(31)21-11-22(27-14-26-21)28-17-7-6-15-12-25(13-16(15)10-17)19-4-2-3-5-20(19)29-24(25)32/h2-7,10-11,14,18H,8-9,12-13H2,1H3,(H,29,32)(H,26,27,28). The number of carbonyl (C=O) groups is 2. The van der Waals surface area contributed by atoms with Crippen LogP contribution in [0.25, 0.3) is 0 Å². The Kier molecular flexibility index (Phi) is 4.08. The van der Waals surface area contributed by atoms with E-state index < -0.39 is 5.41 Å². The highest BCUT2D eigenvalue weighted by atomic mass is 16.2. The highest BCUT2D eigenvalue weighted by Crippen LogP contribution is 2.47. The third kappa shape index (κ3) is 2.96. The van der Waals surface area contributed by atoms with Crippen LogP contribution < -0.4 is 10.6 Å². The highest BCUT2D eigenvalue weighted by Gasteiger charge is 2.50. The van der Waals surface area contributed by atoms with Crippen molar-refractivity contribution in [3.05, 3.63) is 77.2 Å². The van der Waals surface area contributed by atoms with E-state index in [0.717, 1.165) is 35.3 Å². The van der Waals surface area contributed by atoms with Gasteiger partial charge in [0.2, 0.25) is 5.91 Å². The second-order valence-corrected chi connectivity index (χ2v) is 8.98. The van der Waals surface area contributed by atoms with Crippen LogP contribution in [0.2, 0.25) is 0 Å². The van der Waals surface area contributed by atoms with Gasteiger partial charge in [0.05, 0.1) is 5.41 Å². The molecule has 160 valence electrons. The van der Waals surface area contributed by atoms with E-state index in [-0.39, 0.29) is 11.8 Å². The number of aromatic nitrogens is 2. The van der Waals surface area contributed by atoms with E-state index in [1.54, 1.807) is 11.0 Å². The molecule has 1 unspecified atom stereocenters. The molecule has 2 N–H and O–H groups in total. The molecule has 7 nitrogen and oxygen atoms in total. The van der Waals surface area contributed by atoms with E-state index >= 15 is 0 Å². The van der Waals surface area contributed by atoms with Crippen molar-refractivity contribution in [2.45, 2.75) is 37.1 Å². The van der Waals surface area contributed by atoms with E-state index in [1.807, 2.05) is 31.3 Å². The maximum Gasteiger partial charge on any atom is 0.272 e. The number of benzene rings is 2. The molecule has 1 aliphatic heterocycles. The van der Waals surface area contributed by atoms with Crippen LogP contribution in [0.3, 0.4) is 0 Å². The number of para-hydroxylation sites is 1. The van der Waals surface area contributed by atoms with Crippen molar-refractivity contribution in [2.24, 2.45) is 0 Å². The fourth-order valence-corrected chi connectivity index (χ4v) is 4.98. The zero-order valence-corrected chi connectivity index (χ0v) is 17.8. The Bertz CT molecular complexity index is 1270. The van der Waals surface area contributed by atoms with Gasteiger partial charge in [-0.2, -0.15) is 0 Å². The summed E-state index contributed by atoms with van der Waals surface area (Å²) < 4.78 is 0. The molecule has 6 rings (SSSR count). The number of carbonyl (C=O) groups excluding carboxylic acids is 2. The van der Waals surface area contributed by atoms with Crippen LogP contribution in [0.15, 0.2) is 54.9 Å². The van der Waals surface area contributed by atoms with Gasteiger partial charge in [0, 0.05) is 30.5 Å². The fourth-order valence-electron chi connectivity index (χ4n) is 4.98. The molecule has 0 saturated heterocycles. The molecular formula is C25H23N5O2. The van der Waals surface area contributed by atoms with Gasteiger partial charge in [0.1, 0.15) is 17.8 Å². The SMILES string of the molecule is CN(C(=O)c1cc(Nc2ccc3c(c2)CC2(C3)C(=O)Nc3ccccc32)ncn1)C1CC1. The Morgan fingerprint density at radius 2 is 1.91 bits per heavy atom. The van der Waals surface area contributed by atoms with Gasteiger partial charge in [0.25, 0.3) is 5.91 Å². The summed E-state index contributed by atoms with van der Waals surface area (Å²) in [7, 11) is 1.82. The Hall–Kier alpha value is -3.74. The number of amides is 2. The lowest BCUT2D eigenvalue weighted by atomic mass is 9.79. The van der Waals surface area contributed by atoms with Crippen molar-refractivity contribution >= 4 is 29.0 Å². The third-order valence-corrected chi connectivity index (χ3v) is 6.89. The Labute approximate surface area is 185 Å². The molecule has 1 fully saturated rings. The molecule has 1 atom stereocenters. The molecule has 1 aromatic heterocycles. The van der Waals surface area contributed by atoms with Crippen LogP contribution in [0.1, 0.15) is 40.0 Å². The lowest BCUT2D eigenvalue weighted by Gasteiger charge is -2.20. The first-order chi connectivity index (χ1) is 15.5. The van der Waals surface area contributed by atoms with E-state index in [1.165, 1.54) is 11.9 Å². The predicted octanol–water partition coefficient (Wildman–Crippen LogP) is 3.44. The van der Waals surface area contributed by atoms with Gasteiger partial charge in [-0.15, -0.1) is 0 Å². The van der Waals surface area contributed by atoms with Crippen molar-refractivity contribution in [2.75, 3.05) is 17.7 Å². The number of rotatable bonds is 4. The van der Waals surface area contributed by atoms with Gasteiger partial charge in [-0.05, 0) is 60.6 Å². The maximum atomic E-state index is 12.9. The number of anilines is 3. The van der Waals surface area contributed by atoms with Crippen molar-refractivity contribution in [3.63, 3.8) is 0 Å². The minimum Gasteiger partial charge on any atom is -0.340 e. The summed E-state index contributed by atoms with van der Waals surface area (Å²) in [4.78, 5) is 35.8. The average molecular weight is 425 g/mol. The minimum absolute atomic E-state index is 0.0724.